The lowest BCUT2D eigenvalue weighted by molar-refractivity contribution is -0.112. The molecule has 9 heteroatoms. The van der Waals surface area contributed by atoms with Crippen LogP contribution in [0.5, 0.6) is 17.2 Å². The molecule has 0 aliphatic carbocycles. The van der Waals surface area contributed by atoms with Crippen LogP contribution in [-0.2, 0) is 9.53 Å². The maximum Gasteiger partial charge on any atom is 0.341 e. The average molecular weight is 479 g/mol. The third-order valence-corrected chi connectivity index (χ3v) is 5.67. The first-order valence-electron chi connectivity index (χ1n) is 10.1. The fourth-order valence-corrected chi connectivity index (χ4v) is 4.06. The van der Waals surface area contributed by atoms with Gasteiger partial charge in [0.25, 0.3) is 5.91 Å². The number of thiophene rings is 1. The summed E-state index contributed by atoms with van der Waals surface area (Å²) in [6.45, 7) is 1.86. The zero-order chi connectivity index (χ0) is 24.7. The fourth-order valence-electron chi connectivity index (χ4n) is 3.11. The molecule has 34 heavy (non-hydrogen) atoms. The third kappa shape index (κ3) is 5.36. The second-order valence-corrected chi connectivity index (χ2v) is 7.74. The standard InChI is InChI=1S/C25H22N2O6S/c1-4-33-25(30)22-19(16-6-8-18(31-2)9-7-16)14-34-24(22)27-23(29)17(13-26)11-15-5-10-20(28)21(12-15)32-3/h5-12,14,28H,4H2,1-3H3,(H,27,29). The largest absolute Gasteiger partial charge is 0.504 e. The second kappa shape index (κ2) is 11.0. The van der Waals surface area contributed by atoms with Crippen molar-refractivity contribution >= 4 is 34.3 Å². The van der Waals surface area contributed by atoms with Gasteiger partial charge in [0.2, 0.25) is 0 Å². The van der Waals surface area contributed by atoms with Gasteiger partial charge in [0.15, 0.2) is 11.5 Å². The van der Waals surface area contributed by atoms with Crippen molar-refractivity contribution in [2.24, 2.45) is 0 Å². The van der Waals surface area contributed by atoms with E-state index < -0.39 is 11.9 Å². The van der Waals surface area contributed by atoms with Crippen molar-refractivity contribution in [1.82, 2.24) is 0 Å². The molecule has 1 heterocycles. The zero-order valence-corrected chi connectivity index (χ0v) is 19.6. The Hall–Kier alpha value is -4.29. The quantitative estimate of drug-likeness (QED) is 0.270. The number of nitriles is 1. The molecule has 3 rings (SSSR count). The summed E-state index contributed by atoms with van der Waals surface area (Å²) < 4.78 is 15.5. The van der Waals surface area contributed by atoms with Gasteiger partial charge in [-0.05, 0) is 48.4 Å². The number of methoxy groups -OCH3 is 2. The molecule has 0 aliphatic rings. The highest BCUT2D eigenvalue weighted by atomic mass is 32.1. The Kier molecular flexibility index (Phi) is 7.90. The lowest BCUT2D eigenvalue weighted by Gasteiger charge is -2.09. The molecule has 0 saturated heterocycles. The molecule has 0 atom stereocenters. The van der Waals surface area contributed by atoms with E-state index >= 15 is 0 Å². The molecule has 0 unspecified atom stereocenters. The number of ether oxygens (including phenoxy) is 3. The smallest absolute Gasteiger partial charge is 0.341 e. The molecule has 8 nitrogen and oxygen atoms in total. The van der Waals surface area contributed by atoms with Gasteiger partial charge in [-0.2, -0.15) is 5.26 Å². The van der Waals surface area contributed by atoms with Crippen LogP contribution in [0.1, 0.15) is 22.8 Å². The number of benzene rings is 2. The van der Waals surface area contributed by atoms with Crippen LogP contribution < -0.4 is 14.8 Å². The highest BCUT2D eigenvalue weighted by Crippen LogP contribution is 2.37. The number of carbonyl (C=O) groups is 2. The Balaban J connectivity index is 1.95. The van der Waals surface area contributed by atoms with Gasteiger partial charge in [0, 0.05) is 10.9 Å². The third-order valence-electron chi connectivity index (χ3n) is 4.78. The van der Waals surface area contributed by atoms with E-state index in [0.29, 0.717) is 16.9 Å². The highest BCUT2D eigenvalue weighted by molar-refractivity contribution is 7.15. The highest BCUT2D eigenvalue weighted by Gasteiger charge is 2.24. The molecular weight excluding hydrogens is 456 g/mol. The zero-order valence-electron chi connectivity index (χ0n) is 18.7. The Morgan fingerprint density at radius 1 is 1.15 bits per heavy atom. The van der Waals surface area contributed by atoms with Crippen molar-refractivity contribution in [3.8, 4) is 34.4 Å². The molecule has 0 bridgehead atoms. The van der Waals surface area contributed by atoms with Crippen LogP contribution in [0.4, 0.5) is 5.00 Å². The number of anilines is 1. The number of aromatic hydroxyl groups is 1. The van der Waals surface area contributed by atoms with Crippen LogP contribution in [0.25, 0.3) is 17.2 Å². The first kappa shape index (κ1) is 24.4. The van der Waals surface area contributed by atoms with Gasteiger partial charge in [-0.1, -0.05) is 18.2 Å². The number of amides is 1. The summed E-state index contributed by atoms with van der Waals surface area (Å²) in [6, 6.07) is 13.4. The molecule has 3 aromatic rings. The van der Waals surface area contributed by atoms with Crippen molar-refractivity contribution < 1.29 is 28.9 Å². The first-order chi connectivity index (χ1) is 16.4. The van der Waals surface area contributed by atoms with Crippen LogP contribution >= 0.6 is 11.3 Å². The Morgan fingerprint density at radius 2 is 1.88 bits per heavy atom. The summed E-state index contributed by atoms with van der Waals surface area (Å²) in [7, 11) is 2.96. The van der Waals surface area contributed by atoms with Crippen molar-refractivity contribution in [3.05, 3.63) is 64.5 Å². The summed E-state index contributed by atoms with van der Waals surface area (Å²) in [5.41, 5.74) is 1.83. The monoisotopic (exact) mass is 478 g/mol. The molecule has 0 aliphatic heterocycles. The van der Waals surface area contributed by atoms with E-state index in [9.17, 15) is 20.0 Å². The van der Waals surface area contributed by atoms with Gasteiger partial charge in [-0.3, -0.25) is 4.79 Å². The van der Waals surface area contributed by atoms with E-state index in [4.69, 9.17) is 14.2 Å². The van der Waals surface area contributed by atoms with Gasteiger partial charge in [0.05, 0.1) is 20.8 Å². The minimum Gasteiger partial charge on any atom is -0.504 e. The van der Waals surface area contributed by atoms with Gasteiger partial charge in [0.1, 0.15) is 28.0 Å². The van der Waals surface area contributed by atoms with Crippen molar-refractivity contribution in [2.45, 2.75) is 6.92 Å². The van der Waals surface area contributed by atoms with Crippen LogP contribution in [0.3, 0.4) is 0 Å². The molecule has 0 radical (unpaired) electrons. The Labute approximate surface area is 200 Å². The van der Waals surface area contributed by atoms with Gasteiger partial charge < -0.3 is 24.6 Å². The van der Waals surface area contributed by atoms with Crippen LogP contribution in [0.15, 0.2) is 53.4 Å². The number of esters is 1. The predicted molar refractivity (Wildman–Crippen MR) is 129 cm³/mol. The molecule has 0 spiro atoms. The lowest BCUT2D eigenvalue weighted by Crippen LogP contribution is -2.16. The SMILES string of the molecule is CCOC(=O)c1c(-c2ccc(OC)cc2)csc1NC(=O)C(C#N)=Cc1ccc(O)c(OC)c1. The van der Waals surface area contributed by atoms with E-state index in [0.717, 1.165) is 16.9 Å². The first-order valence-corrected chi connectivity index (χ1v) is 11.0. The van der Waals surface area contributed by atoms with Crippen molar-refractivity contribution in [3.63, 3.8) is 0 Å². The minimum atomic E-state index is -0.691. The summed E-state index contributed by atoms with van der Waals surface area (Å²) in [4.78, 5) is 25.6. The molecule has 2 N–H and O–H groups in total. The molecule has 1 aromatic heterocycles. The predicted octanol–water partition coefficient (Wildman–Crippen LogP) is 4.86. The number of rotatable bonds is 8. The summed E-state index contributed by atoms with van der Waals surface area (Å²) in [5.74, 6) is -0.469. The van der Waals surface area contributed by atoms with E-state index in [1.807, 2.05) is 6.07 Å². The number of hydrogen-bond acceptors (Lipinski definition) is 8. The lowest BCUT2D eigenvalue weighted by atomic mass is 10.0. The maximum absolute atomic E-state index is 12.9. The molecule has 2 aromatic carbocycles. The van der Waals surface area contributed by atoms with Crippen LogP contribution in [0.2, 0.25) is 0 Å². The fraction of sp³-hybridized carbons (Fsp3) is 0.160. The molecular formula is C25H22N2O6S. The number of phenolic OH excluding ortho intramolecular Hbond substituents is 1. The van der Waals surface area contributed by atoms with Crippen LogP contribution in [-0.4, -0.2) is 37.8 Å². The van der Waals surface area contributed by atoms with E-state index in [1.165, 1.54) is 25.3 Å². The average Bonchev–Trinajstić information content (AvgIpc) is 3.27. The summed E-state index contributed by atoms with van der Waals surface area (Å²) in [6.07, 6.45) is 1.36. The summed E-state index contributed by atoms with van der Waals surface area (Å²) >= 11 is 1.15. The Morgan fingerprint density at radius 3 is 2.50 bits per heavy atom. The van der Waals surface area contributed by atoms with Crippen molar-refractivity contribution in [2.75, 3.05) is 26.1 Å². The van der Waals surface area contributed by atoms with E-state index in [2.05, 4.69) is 5.32 Å². The normalized spacial score (nSPS) is 10.8. The van der Waals surface area contributed by atoms with Gasteiger partial charge in [-0.25, -0.2) is 4.79 Å². The van der Waals surface area contributed by atoms with Crippen molar-refractivity contribution in [1.29, 1.82) is 5.26 Å². The minimum absolute atomic E-state index is 0.0636. The topological polar surface area (TPSA) is 118 Å². The Bertz CT molecular complexity index is 1270. The molecule has 174 valence electrons. The number of phenols is 1. The van der Waals surface area contributed by atoms with Gasteiger partial charge >= 0.3 is 5.97 Å². The molecule has 0 saturated carbocycles. The van der Waals surface area contributed by atoms with Gasteiger partial charge in [-0.15, -0.1) is 11.3 Å². The summed E-state index contributed by atoms with van der Waals surface area (Å²) in [5, 5.41) is 24.0. The number of carbonyl (C=O) groups excluding carboxylic acids is 2. The maximum atomic E-state index is 12.9. The van der Waals surface area contributed by atoms with E-state index in [-0.39, 0.29) is 34.2 Å². The number of nitrogens with zero attached hydrogens (tertiary/aromatic N) is 1. The second-order valence-electron chi connectivity index (χ2n) is 6.86. The molecule has 1 amide bonds. The molecule has 0 fully saturated rings. The number of nitrogens with one attached hydrogen (secondary N) is 1. The van der Waals surface area contributed by atoms with Crippen LogP contribution in [0, 0.1) is 11.3 Å². The number of hydrogen-bond donors (Lipinski definition) is 2. The van der Waals surface area contributed by atoms with E-state index in [1.54, 1.807) is 49.7 Å².